The van der Waals surface area contributed by atoms with Crippen LogP contribution in [0.25, 0.3) is 0 Å². The van der Waals surface area contributed by atoms with E-state index in [4.69, 9.17) is 9.05 Å². The molecule has 0 heterocycles. The minimum absolute atomic E-state index is 0.00492. The van der Waals surface area contributed by atoms with Gasteiger partial charge in [-0.3, -0.25) is 14.7 Å². The summed E-state index contributed by atoms with van der Waals surface area (Å²) in [5, 5.41) is 11.5. The van der Waals surface area contributed by atoms with E-state index in [2.05, 4.69) is 0 Å². The van der Waals surface area contributed by atoms with Crippen LogP contribution < -0.4 is 0 Å². The minimum atomic E-state index is -4.75. The predicted octanol–water partition coefficient (Wildman–Crippen LogP) is 5.97. The number of nitro groups is 1. The molecule has 0 radical (unpaired) electrons. The summed E-state index contributed by atoms with van der Waals surface area (Å²) in [6.07, 6.45) is -4.75. The Morgan fingerprint density at radius 1 is 1.07 bits per heavy atom. The Hall–Kier alpha value is -2.22. The second-order valence-corrected chi connectivity index (χ2v) is 7.83. The lowest BCUT2D eigenvalue weighted by molar-refractivity contribution is -0.385. The Morgan fingerprint density at radius 2 is 1.64 bits per heavy atom. The van der Waals surface area contributed by atoms with Gasteiger partial charge in [-0.1, -0.05) is 36.4 Å². The third-order valence-electron chi connectivity index (χ3n) is 3.90. The molecule has 6 nitrogen and oxygen atoms in total. The number of halogens is 3. The molecule has 0 aliphatic heterocycles. The van der Waals surface area contributed by atoms with Crippen LogP contribution in [0.4, 0.5) is 18.9 Å². The summed E-state index contributed by atoms with van der Waals surface area (Å²) in [5.41, 5.74) is -3.03. The number of nitro benzene ring substituents is 1. The van der Waals surface area contributed by atoms with E-state index in [-0.39, 0.29) is 18.8 Å². The van der Waals surface area contributed by atoms with Crippen LogP contribution >= 0.6 is 7.60 Å². The Labute approximate surface area is 160 Å². The fourth-order valence-electron chi connectivity index (χ4n) is 2.82. The van der Waals surface area contributed by atoms with Gasteiger partial charge in [0.2, 0.25) is 0 Å². The van der Waals surface area contributed by atoms with Crippen LogP contribution in [0.1, 0.15) is 36.2 Å². The first-order valence-electron chi connectivity index (χ1n) is 8.43. The molecule has 28 heavy (non-hydrogen) atoms. The van der Waals surface area contributed by atoms with E-state index in [1.54, 1.807) is 44.2 Å². The van der Waals surface area contributed by atoms with Crippen molar-refractivity contribution in [2.75, 3.05) is 13.2 Å². The lowest BCUT2D eigenvalue weighted by Gasteiger charge is -2.27. The van der Waals surface area contributed by atoms with Crippen LogP contribution in [-0.2, 0) is 19.8 Å². The third kappa shape index (κ3) is 4.79. The van der Waals surface area contributed by atoms with Crippen LogP contribution in [0, 0.1) is 10.1 Å². The van der Waals surface area contributed by atoms with E-state index in [1.807, 2.05) is 0 Å². The summed E-state index contributed by atoms with van der Waals surface area (Å²) in [5.74, 6) is 0. The van der Waals surface area contributed by atoms with Gasteiger partial charge in [-0.2, -0.15) is 13.2 Å². The number of benzene rings is 2. The summed E-state index contributed by atoms with van der Waals surface area (Å²) >= 11 is 0. The van der Waals surface area contributed by atoms with E-state index in [0.717, 1.165) is 12.1 Å². The Bertz CT molecular complexity index is 863. The molecule has 2 aromatic carbocycles. The zero-order chi connectivity index (χ0) is 20.9. The van der Waals surface area contributed by atoms with E-state index in [1.165, 1.54) is 0 Å². The normalized spacial score (nSPS) is 13.3. The molecule has 152 valence electrons. The molecule has 1 atom stereocenters. The van der Waals surface area contributed by atoms with Gasteiger partial charge in [0.05, 0.1) is 23.7 Å². The fraction of sp³-hybridized carbons (Fsp3) is 0.333. The zero-order valence-electron chi connectivity index (χ0n) is 15.2. The molecule has 0 N–H and O–H groups in total. The van der Waals surface area contributed by atoms with Crippen molar-refractivity contribution in [1.29, 1.82) is 0 Å². The molecule has 2 rings (SSSR count). The lowest BCUT2D eigenvalue weighted by Crippen LogP contribution is -2.12. The topological polar surface area (TPSA) is 78.7 Å². The van der Waals surface area contributed by atoms with Gasteiger partial charge in [-0.15, -0.1) is 0 Å². The summed E-state index contributed by atoms with van der Waals surface area (Å²) < 4.78 is 63.3. The highest BCUT2D eigenvalue weighted by Gasteiger charge is 2.43. The smallest absolute Gasteiger partial charge is 0.308 e. The summed E-state index contributed by atoms with van der Waals surface area (Å²) in [6.45, 7) is 3.15. The van der Waals surface area contributed by atoms with Gasteiger partial charge in [0.15, 0.2) is 0 Å². The molecule has 0 spiro atoms. The van der Waals surface area contributed by atoms with Crippen LogP contribution in [0.3, 0.4) is 0 Å². The first-order valence-corrected chi connectivity index (χ1v) is 10.0. The predicted molar refractivity (Wildman–Crippen MR) is 97.2 cm³/mol. The molecule has 0 aromatic heterocycles. The number of nitrogens with zero attached hydrogens (tertiary/aromatic N) is 1. The van der Waals surface area contributed by atoms with Crippen molar-refractivity contribution < 1.29 is 31.7 Å². The molecule has 0 saturated carbocycles. The van der Waals surface area contributed by atoms with Crippen LogP contribution in [-0.4, -0.2) is 18.1 Å². The van der Waals surface area contributed by atoms with Crippen molar-refractivity contribution in [2.24, 2.45) is 0 Å². The minimum Gasteiger partial charge on any atom is -0.308 e. The number of alkyl halides is 3. The lowest BCUT2D eigenvalue weighted by atomic mass is 10.0. The van der Waals surface area contributed by atoms with Gasteiger partial charge >= 0.3 is 13.8 Å². The maximum absolute atomic E-state index is 13.5. The highest BCUT2D eigenvalue weighted by atomic mass is 31.2. The highest BCUT2D eigenvalue weighted by molar-refractivity contribution is 7.54. The van der Waals surface area contributed by atoms with Crippen molar-refractivity contribution in [3.63, 3.8) is 0 Å². The average molecular weight is 417 g/mol. The van der Waals surface area contributed by atoms with E-state index >= 15 is 0 Å². The molecule has 0 saturated heterocycles. The fourth-order valence-corrected chi connectivity index (χ4v) is 5.01. The number of hydrogen-bond acceptors (Lipinski definition) is 5. The van der Waals surface area contributed by atoms with E-state index < -0.39 is 35.6 Å². The van der Waals surface area contributed by atoms with Crippen molar-refractivity contribution in [1.82, 2.24) is 0 Å². The second kappa shape index (κ2) is 8.86. The molecule has 0 aliphatic carbocycles. The molecule has 0 bridgehead atoms. The molecular weight excluding hydrogens is 398 g/mol. The Morgan fingerprint density at radius 3 is 2.11 bits per heavy atom. The molecule has 0 fully saturated rings. The summed E-state index contributed by atoms with van der Waals surface area (Å²) in [7, 11) is -3.98. The van der Waals surface area contributed by atoms with Crippen LogP contribution in [0.5, 0.6) is 0 Å². The Balaban J connectivity index is 2.77. The molecular formula is C18H19F3NO5P. The van der Waals surface area contributed by atoms with Crippen LogP contribution in [0.15, 0.2) is 48.5 Å². The van der Waals surface area contributed by atoms with Gasteiger partial charge < -0.3 is 9.05 Å². The zero-order valence-corrected chi connectivity index (χ0v) is 16.1. The van der Waals surface area contributed by atoms with E-state index in [9.17, 15) is 27.9 Å². The first kappa shape index (κ1) is 22.1. The maximum atomic E-state index is 13.5. The van der Waals surface area contributed by atoms with Gasteiger partial charge in [0.25, 0.3) is 5.69 Å². The molecule has 10 heteroatoms. The van der Waals surface area contributed by atoms with Gasteiger partial charge in [0.1, 0.15) is 5.66 Å². The monoisotopic (exact) mass is 417 g/mol. The first-order chi connectivity index (χ1) is 13.1. The van der Waals surface area contributed by atoms with Gasteiger partial charge in [0, 0.05) is 11.6 Å². The highest BCUT2D eigenvalue weighted by Crippen LogP contribution is 2.64. The average Bonchev–Trinajstić information content (AvgIpc) is 2.62. The number of rotatable bonds is 8. The van der Waals surface area contributed by atoms with Crippen molar-refractivity contribution >= 4 is 13.3 Å². The molecule has 2 aromatic rings. The van der Waals surface area contributed by atoms with Crippen molar-refractivity contribution in [2.45, 2.75) is 25.7 Å². The van der Waals surface area contributed by atoms with Gasteiger partial charge in [-0.05, 0) is 25.5 Å². The molecule has 1 unspecified atom stereocenters. The SMILES string of the molecule is CCOP(=O)(OCC)C(c1ccccc1)c1ccc(C(F)(F)F)cc1[N+](=O)[O-]. The quantitative estimate of drug-likeness (QED) is 0.300. The van der Waals surface area contributed by atoms with Crippen LogP contribution in [0.2, 0.25) is 0 Å². The third-order valence-corrected chi connectivity index (χ3v) is 6.34. The second-order valence-electron chi connectivity index (χ2n) is 5.72. The van der Waals surface area contributed by atoms with E-state index in [0.29, 0.717) is 11.6 Å². The maximum Gasteiger partial charge on any atom is 0.416 e. The van der Waals surface area contributed by atoms with Crippen molar-refractivity contribution in [3.05, 3.63) is 75.3 Å². The largest absolute Gasteiger partial charge is 0.416 e. The summed E-state index contributed by atoms with van der Waals surface area (Å²) in [6, 6.07) is 10.2. The van der Waals surface area contributed by atoms with Gasteiger partial charge in [-0.25, -0.2) is 0 Å². The number of hydrogen-bond donors (Lipinski definition) is 0. The summed E-state index contributed by atoms with van der Waals surface area (Å²) in [4.78, 5) is 10.6. The Kier molecular flexibility index (Phi) is 6.98. The van der Waals surface area contributed by atoms with Crippen molar-refractivity contribution in [3.8, 4) is 0 Å². The molecule has 0 aliphatic rings. The molecule has 0 amide bonds. The standard InChI is InChI=1S/C18H19F3NO5P/c1-3-26-28(25,27-4-2)17(13-8-6-5-7-9-13)15-11-10-14(18(19,20)21)12-16(15)22(23)24/h5-12,17H,3-4H2,1-2H3.